The Morgan fingerprint density at radius 3 is 2.72 bits per heavy atom. The fourth-order valence-corrected chi connectivity index (χ4v) is 3.37. The third kappa shape index (κ3) is 6.73. The number of carbonyl (C=O) groups excluding carboxylic acids is 1. The molecule has 1 aromatic heterocycles. The molecule has 2 aromatic rings. The maximum atomic E-state index is 12.1. The zero-order chi connectivity index (χ0) is 19.9. The van der Waals surface area contributed by atoms with Crippen molar-refractivity contribution in [3.63, 3.8) is 0 Å². The van der Waals surface area contributed by atoms with Crippen molar-refractivity contribution in [2.24, 2.45) is 10.9 Å². The summed E-state index contributed by atoms with van der Waals surface area (Å²) in [5.41, 5.74) is 2.33. The number of amides is 1. The van der Waals surface area contributed by atoms with Crippen LogP contribution in [0.2, 0.25) is 0 Å². The summed E-state index contributed by atoms with van der Waals surface area (Å²) in [4.78, 5) is 18.4. The molecule has 0 spiro atoms. The molecule has 1 aliphatic heterocycles. The van der Waals surface area contributed by atoms with Crippen LogP contribution in [0.5, 0.6) is 0 Å². The highest BCUT2D eigenvalue weighted by atomic mass is 127. The first-order chi connectivity index (χ1) is 13.5. The van der Waals surface area contributed by atoms with E-state index in [2.05, 4.69) is 32.9 Å². The van der Waals surface area contributed by atoms with Crippen molar-refractivity contribution in [1.82, 2.24) is 25.3 Å². The molecule has 0 saturated carbocycles. The number of hydrogen-bond acceptors (Lipinski definition) is 3. The van der Waals surface area contributed by atoms with Gasteiger partial charge in [-0.15, -0.1) is 24.0 Å². The summed E-state index contributed by atoms with van der Waals surface area (Å²) in [5, 5.41) is 11.2. The number of hydrogen-bond donors (Lipinski definition) is 2. The molecule has 3 rings (SSSR count). The molecule has 1 aromatic carbocycles. The summed E-state index contributed by atoms with van der Waals surface area (Å²) in [7, 11) is 1.76. The highest BCUT2D eigenvalue weighted by molar-refractivity contribution is 14.0. The summed E-state index contributed by atoms with van der Waals surface area (Å²) in [6, 6.07) is 10.5. The summed E-state index contributed by atoms with van der Waals surface area (Å²) in [6.45, 7) is 6.83. The maximum Gasteiger partial charge on any atom is 0.225 e. The Morgan fingerprint density at radius 1 is 1.28 bits per heavy atom. The molecule has 0 aliphatic carbocycles. The normalized spacial score (nSPS) is 16.6. The minimum atomic E-state index is 0. The van der Waals surface area contributed by atoms with Crippen LogP contribution >= 0.6 is 24.0 Å². The van der Waals surface area contributed by atoms with Crippen LogP contribution in [-0.2, 0) is 17.9 Å². The molecule has 1 amide bonds. The third-order valence-corrected chi connectivity index (χ3v) is 4.89. The van der Waals surface area contributed by atoms with Crippen LogP contribution in [-0.4, -0.2) is 52.7 Å². The van der Waals surface area contributed by atoms with E-state index in [9.17, 15) is 4.79 Å². The van der Waals surface area contributed by atoms with E-state index in [0.29, 0.717) is 6.54 Å². The van der Waals surface area contributed by atoms with E-state index < -0.39 is 0 Å². The molecule has 8 heteroatoms. The molecule has 0 radical (unpaired) electrons. The molecular weight excluding hydrogens is 479 g/mol. The molecule has 29 heavy (non-hydrogen) atoms. The quantitative estimate of drug-likeness (QED) is 0.356. The Hall–Kier alpha value is -2.10. The highest BCUT2D eigenvalue weighted by Crippen LogP contribution is 2.12. The average Bonchev–Trinajstić information content (AvgIpc) is 3.34. The van der Waals surface area contributed by atoms with Gasteiger partial charge in [0.05, 0.1) is 12.7 Å². The van der Waals surface area contributed by atoms with Gasteiger partial charge in [0.25, 0.3) is 0 Å². The van der Waals surface area contributed by atoms with Gasteiger partial charge in [0, 0.05) is 50.4 Å². The molecule has 0 bridgehead atoms. The predicted molar refractivity (Wildman–Crippen MR) is 126 cm³/mol. The Balaban J connectivity index is 0.00000300. The largest absolute Gasteiger partial charge is 0.352 e. The number of benzene rings is 1. The lowest BCUT2D eigenvalue weighted by Gasteiger charge is -2.20. The molecular formula is C21H31IN6O. The van der Waals surface area contributed by atoms with Gasteiger partial charge in [-0.2, -0.15) is 5.10 Å². The first-order valence-corrected chi connectivity index (χ1v) is 9.86. The second-order valence-corrected chi connectivity index (χ2v) is 7.53. The first-order valence-electron chi connectivity index (χ1n) is 9.86. The van der Waals surface area contributed by atoms with Crippen LogP contribution in [0.4, 0.5) is 0 Å². The van der Waals surface area contributed by atoms with Crippen molar-refractivity contribution < 1.29 is 4.79 Å². The number of nitrogens with one attached hydrogen (secondary N) is 2. The van der Waals surface area contributed by atoms with Gasteiger partial charge in [0.15, 0.2) is 5.96 Å². The molecule has 1 saturated heterocycles. The van der Waals surface area contributed by atoms with E-state index >= 15 is 0 Å². The Labute approximate surface area is 190 Å². The van der Waals surface area contributed by atoms with Crippen LogP contribution in [0.25, 0.3) is 0 Å². The molecule has 1 aliphatic rings. The first kappa shape index (κ1) is 23.2. The van der Waals surface area contributed by atoms with E-state index in [1.807, 2.05) is 54.0 Å². The molecule has 158 valence electrons. The van der Waals surface area contributed by atoms with Crippen LogP contribution in [0.15, 0.2) is 47.7 Å². The number of rotatable bonds is 6. The van der Waals surface area contributed by atoms with Gasteiger partial charge < -0.3 is 15.5 Å². The third-order valence-electron chi connectivity index (χ3n) is 4.89. The Morgan fingerprint density at radius 2 is 2.03 bits per heavy atom. The van der Waals surface area contributed by atoms with E-state index in [0.717, 1.165) is 37.6 Å². The number of nitrogens with zero attached hydrogens (tertiary/aromatic N) is 4. The molecule has 2 N–H and O–H groups in total. The molecule has 2 heterocycles. The highest BCUT2D eigenvalue weighted by Gasteiger charge is 2.27. The van der Waals surface area contributed by atoms with Gasteiger partial charge in [-0.1, -0.05) is 44.2 Å². The summed E-state index contributed by atoms with van der Waals surface area (Å²) >= 11 is 0. The standard InChI is InChI=1S/C21H30N6O.HI/c1-16(2)20(28)26-10-9-19(15-26)25-21(22-3)23-11-18-12-24-27(14-18)13-17-7-5-4-6-8-17;/h4-8,12,14,16,19H,9-11,13,15H2,1-3H3,(H2,22,23,25);1H. The van der Waals surface area contributed by atoms with Crippen LogP contribution in [0.1, 0.15) is 31.4 Å². The number of aromatic nitrogens is 2. The van der Waals surface area contributed by atoms with E-state index in [1.165, 1.54) is 5.56 Å². The smallest absolute Gasteiger partial charge is 0.225 e. The van der Waals surface area contributed by atoms with Crippen molar-refractivity contribution >= 4 is 35.8 Å². The number of likely N-dealkylation sites (tertiary alicyclic amines) is 1. The van der Waals surface area contributed by atoms with Gasteiger partial charge in [0.2, 0.25) is 5.91 Å². The summed E-state index contributed by atoms with van der Waals surface area (Å²) in [5.74, 6) is 1.02. The minimum absolute atomic E-state index is 0. The van der Waals surface area contributed by atoms with Gasteiger partial charge in [0.1, 0.15) is 0 Å². The Bertz CT molecular complexity index is 805. The fraction of sp³-hybridized carbons (Fsp3) is 0.476. The van der Waals surface area contributed by atoms with Gasteiger partial charge in [-0.3, -0.25) is 14.5 Å². The zero-order valence-electron chi connectivity index (χ0n) is 17.3. The second-order valence-electron chi connectivity index (χ2n) is 7.53. The number of halogens is 1. The lowest BCUT2D eigenvalue weighted by Crippen LogP contribution is -2.45. The van der Waals surface area contributed by atoms with Crippen molar-refractivity contribution in [3.8, 4) is 0 Å². The second kappa shape index (κ2) is 11.2. The Kier molecular flexibility index (Phi) is 8.94. The summed E-state index contributed by atoms with van der Waals surface area (Å²) < 4.78 is 1.94. The average molecular weight is 510 g/mol. The SMILES string of the molecule is CN=C(NCc1cnn(Cc2ccccc2)c1)NC1CCN(C(=O)C(C)C)C1.I. The van der Waals surface area contributed by atoms with E-state index in [4.69, 9.17) is 0 Å². The van der Waals surface area contributed by atoms with Gasteiger partial charge in [-0.25, -0.2) is 0 Å². The topological polar surface area (TPSA) is 74.6 Å². The number of guanidine groups is 1. The minimum Gasteiger partial charge on any atom is -0.352 e. The van der Waals surface area contributed by atoms with Crippen LogP contribution in [0.3, 0.4) is 0 Å². The van der Waals surface area contributed by atoms with Crippen molar-refractivity contribution in [2.45, 2.75) is 39.4 Å². The predicted octanol–water partition coefficient (Wildman–Crippen LogP) is 2.47. The van der Waals surface area contributed by atoms with Crippen molar-refractivity contribution in [1.29, 1.82) is 0 Å². The summed E-state index contributed by atoms with van der Waals surface area (Å²) in [6.07, 6.45) is 4.86. The zero-order valence-corrected chi connectivity index (χ0v) is 19.7. The van der Waals surface area contributed by atoms with Crippen molar-refractivity contribution in [3.05, 3.63) is 53.9 Å². The van der Waals surface area contributed by atoms with Crippen LogP contribution in [0, 0.1) is 5.92 Å². The molecule has 1 fully saturated rings. The lowest BCUT2D eigenvalue weighted by atomic mass is 10.2. The molecule has 1 unspecified atom stereocenters. The monoisotopic (exact) mass is 510 g/mol. The van der Waals surface area contributed by atoms with Gasteiger partial charge in [-0.05, 0) is 12.0 Å². The van der Waals surface area contributed by atoms with Crippen molar-refractivity contribution in [2.75, 3.05) is 20.1 Å². The lowest BCUT2D eigenvalue weighted by molar-refractivity contribution is -0.133. The van der Waals surface area contributed by atoms with Gasteiger partial charge >= 0.3 is 0 Å². The fourth-order valence-electron chi connectivity index (χ4n) is 3.37. The maximum absolute atomic E-state index is 12.1. The number of carbonyl (C=O) groups is 1. The molecule has 7 nitrogen and oxygen atoms in total. The molecule has 1 atom stereocenters. The number of aliphatic imine (C=N–C) groups is 1. The van der Waals surface area contributed by atoms with Crippen LogP contribution < -0.4 is 10.6 Å². The van der Waals surface area contributed by atoms with E-state index in [-0.39, 0.29) is 41.8 Å². The van der Waals surface area contributed by atoms with E-state index in [1.54, 1.807) is 7.05 Å².